The Bertz CT molecular complexity index is 835. The zero-order chi connectivity index (χ0) is 18.1. The Kier molecular flexibility index (Phi) is 7.13. The largest absolute Gasteiger partial charge is 0.462 e. The molecule has 3 atom stereocenters. The number of aromatic nitrogens is 3. The number of aliphatic hydroxyl groups is 1. The number of rotatable bonds is 7. The van der Waals surface area contributed by atoms with Crippen LogP contribution in [-0.4, -0.2) is 37.8 Å². The molecule has 140 valence electrons. The van der Waals surface area contributed by atoms with Crippen LogP contribution in [0.1, 0.15) is 33.1 Å². The summed E-state index contributed by atoms with van der Waals surface area (Å²) in [7, 11) is 0. The van der Waals surface area contributed by atoms with Crippen LogP contribution in [0, 0.1) is 49.5 Å². The summed E-state index contributed by atoms with van der Waals surface area (Å²) in [6.07, 6.45) is 2.86. The first-order valence-electron chi connectivity index (χ1n) is 8.19. The minimum absolute atomic E-state index is 0. The van der Waals surface area contributed by atoms with E-state index in [1.807, 2.05) is 6.92 Å². The van der Waals surface area contributed by atoms with Crippen LogP contribution in [0.5, 0.6) is 0 Å². The van der Waals surface area contributed by atoms with Gasteiger partial charge in [0, 0.05) is 55.0 Å². The number of thiazole rings is 1. The van der Waals surface area contributed by atoms with E-state index in [9.17, 15) is 14.7 Å². The minimum atomic E-state index is -0.876. The van der Waals surface area contributed by atoms with Crippen LogP contribution in [0.2, 0.25) is 0 Å². The summed E-state index contributed by atoms with van der Waals surface area (Å²) in [6, 6.07) is 0. The molecule has 10 heteroatoms. The van der Waals surface area contributed by atoms with Crippen molar-refractivity contribution in [2.75, 3.05) is 5.73 Å². The van der Waals surface area contributed by atoms with Crippen LogP contribution < -0.4 is 10.6 Å². The molecule has 0 radical (unpaired) electrons. The van der Waals surface area contributed by atoms with Gasteiger partial charge in [-0.15, -0.1) is 0 Å². The molecular formula is C16H21N4O4SU-. The van der Waals surface area contributed by atoms with Crippen molar-refractivity contribution < 1.29 is 45.8 Å². The normalized spacial score (nSPS) is 17.2. The fourth-order valence-corrected chi connectivity index (χ4v) is 3.80. The van der Waals surface area contributed by atoms with Crippen molar-refractivity contribution in [1.29, 1.82) is 0 Å². The van der Waals surface area contributed by atoms with Crippen molar-refractivity contribution in [2.45, 2.75) is 45.3 Å². The molecule has 0 amide bonds. The van der Waals surface area contributed by atoms with Crippen molar-refractivity contribution in [2.24, 2.45) is 11.8 Å². The summed E-state index contributed by atoms with van der Waals surface area (Å²) >= 11 is 0.993. The van der Waals surface area contributed by atoms with Gasteiger partial charge in [-0.3, -0.25) is 9.78 Å². The number of hydrogen-bond donors (Lipinski definition) is 2. The predicted octanol–water partition coefficient (Wildman–Crippen LogP) is 1.17. The van der Waals surface area contributed by atoms with Crippen LogP contribution in [0.4, 0.5) is 5.95 Å². The molecule has 8 nitrogen and oxygen atoms in total. The Balaban J connectivity index is 0.00000243. The molecule has 2 heterocycles. The maximum atomic E-state index is 12.1. The zero-order valence-electron chi connectivity index (χ0n) is 14.6. The fourth-order valence-electron chi connectivity index (χ4n) is 3.02. The molecule has 0 saturated heterocycles. The molecule has 2 unspecified atom stereocenters. The predicted molar refractivity (Wildman–Crippen MR) is 93.9 cm³/mol. The Morgan fingerprint density at radius 3 is 2.88 bits per heavy atom. The maximum absolute atomic E-state index is 12.1. The van der Waals surface area contributed by atoms with Crippen molar-refractivity contribution in [3.05, 3.63) is 22.4 Å². The number of nitrogen functional groups attached to an aromatic ring is 1. The van der Waals surface area contributed by atoms with Gasteiger partial charge in [0.1, 0.15) is 6.10 Å². The molecule has 0 spiro atoms. The Hall–Kier alpha value is -1.08. The number of fused-ring (bicyclic) bond motifs is 1. The summed E-state index contributed by atoms with van der Waals surface area (Å²) < 4.78 is 7.32. The van der Waals surface area contributed by atoms with E-state index in [2.05, 4.69) is 9.97 Å². The fraction of sp³-hybridized carbons (Fsp3) is 0.562. The van der Waals surface area contributed by atoms with Gasteiger partial charge in [0.05, 0.1) is 5.65 Å². The van der Waals surface area contributed by atoms with Gasteiger partial charge in [0.15, 0.2) is 4.87 Å². The van der Waals surface area contributed by atoms with E-state index in [1.165, 1.54) is 24.2 Å². The molecule has 3 rings (SSSR count). The zero-order valence-corrected chi connectivity index (χ0v) is 19.6. The van der Waals surface area contributed by atoms with Gasteiger partial charge < -0.3 is 24.9 Å². The number of nitrogens with zero attached hydrogens (tertiary/aromatic N) is 3. The van der Waals surface area contributed by atoms with Gasteiger partial charge in [-0.2, -0.15) is 11.3 Å². The van der Waals surface area contributed by atoms with E-state index < -0.39 is 6.10 Å². The van der Waals surface area contributed by atoms with Crippen LogP contribution in [0.25, 0.3) is 10.3 Å². The second kappa shape index (κ2) is 8.74. The smallest absolute Gasteiger partial charge is 0.302 e. The van der Waals surface area contributed by atoms with Gasteiger partial charge in [-0.25, -0.2) is 4.98 Å². The number of nitrogens with two attached hydrogens (primary N) is 1. The van der Waals surface area contributed by atoms with Crippen molar-refractivity contribution >= 4 is 33.6 Å². The van der Waals surface area contributed by atoms with Gasteiger partial charge in [-0.1, -0.05) is 13.5 Å². The number of hydrogen-bond acceptors (Lipinski definition) is 8. The summed E-state index contributed by atoms with van der Waals surface area (Å²) in [4.78, 5) is 31.1. The van der Waals surface area contributed by atoms with E-state index in [-0.39, 0.29) is 59.9 Å². The quantitative estimate of drug-likeness (QED) is 0.360. The second-order valence-electron chi connectivity index (χ2n) is 6.49. The van der Waals surface area contributed by atoms with E-state index in [0.29, 0.717) is 22.7 Å². The van der Waals surface area contributed by atoms with Crippen molar-refractivity contribution in [3.8, 4) is 0 Å². The van der Waals surface area contributed by atoms with Crippen molar-refractivity contribution in [3.63, 3.8) is 0 Å². The first-order valence-corrected chi connectivity index (χ1v) is 9.00. The van der Waals surface area contributed by atoms with Crippen LogP contribution in [0.15, 0.2) is 11.0 Å². The molecule has 1 aliphatic carbocycles. The van der Waals surface area contributed by atoms with Crippen LogP contribution >= 0.6 is 11.3 Å². The third-order valence-electron chi connectivity index (χ3n) is 4.26. The summed E-state index contributed by atoms with van der Waals surface area (Å²) in [6.45, 7) is 4.77. The molecular weight excluding hydrogens is 582 g/mol. The summed E-state index contributed by atoms with van der Waals surface area (Å²) in [5, 5.41) is 10.4. The third kappa shape index (κ3) is 5.00. The molecule has 2 aromatic rings. The molecule has 1 aliphatic rings. The monoisotopic (exact) mass is 603 g/mol. The number of ether oxygens (including phenoxy) is 1. The van der Waals surface area contributed by atoms with E-state index >= 15 is 0 Å². The molecule has 26 heavy (non-hydrogen) atoms. The number of carbonyl (C=O) groups is 1. The van der Waals surface area contributed by atoms with Crippen LogP contribution in [-0.2, 0) is 9.53 Å². The van der Waals surface area contributed by atoms with Gasteiger partial charge in [0.2, 0.25) is 5.95 Å². The molecule has 0 aromatic carbocycles. The topological polar surface area (TPSA) is 120 Å². The molecule has 3 N–H and O–H groups in total. The number of aliphatic hydroxyl groups excluding tert-OH is 1. The van der Waals surface area contributed by atoms with Crippen LogP contribution in [0.3, 0.4) is 0 Å². The Morgan fingerprint density at radius 2 is 2.27 bits per heavy atom. The van der Waals surface area contributed by atoms with Gasteiger partial charge in [0.25, 0.3) is 0 Å². The minimum Gasteiger partial charge on any atom is -0.462 e. The third-order valence-corrected chi connectivity index (χ3v) is 5.14. The average Bonchev–Trinajstić information content (AvgIpc) is 3.32. The standard InChI is InChI=1S/C16H21N4O4S.U/c1-8(13(10-3-4-10)24-9(2)21)5-11(22)7-20-14-12(25-16(20)23)6-18-15(17)19-14;/h6-8,10-11,13,22H,3-5H2,1-2H3,(H2,17,18,19);/q-1;/t8?,11-,13?;/m1./s1. The summed E-state index contributed by atoms with van der Waals surface area (Å²) in [5.74, 6) is 0.0969. The molecule has 0 bridgehead atoms. The van der Waals surface area contributed by atoms with Gasteiger partial charge in [-0.05, 0) is 31.1 Å². The molecule has 1 fully saturated rings. The molecule has 1 saturated carbocycles. The average molecular weight is 603 g/mol. The van der Waals surface area contributed by atoms with E-state index in [0.717, 1.165) is 24.2 Å². The van der Waals surface area contributed by atoms with E-state index in [1.54, 1.807) is 0 Å². The van der Waals surface area contributed by atoms with E-state index in [4.69, 9.17) is 10.5 Å². The number of esters is 1. The van der Waals surface area contributed by atoms with Gasteiger partial charge >= 0.3 is 5.97 Å². The number of carbonyl (C=O) groups excluding carboxylic acids is 1. The SMILES string of the molecule is CC(=O)OC(C(C)C[C@@H](O)[CH-]n1c(=O)sc2cnc(N)nc21)C1CC1.[U]. The first-order chi connectivity index (χ1) is 11.8. The van der Waals surface area contributed by atoms with Crippen molar-refractivity contribution in [1.82, 2.24) is 14.5 Å². The molecule has 0 aliphatic heterocycles. The Morgan fingerprint density at radius 1 is 1.58 bits per heavy atom. The Labute approximate surface area is 178 Å². The maximum Gasteiger partial charge on any atom is 0.302 e. The summed E-state index contributed by atoms with van der Waals surface area (Å²) in [5.41, 5.74) is 5.96. The first kappa shape index (κ1) is 21.2. The second-order valence-corrected chi connectivity index (χ2v) is 7.49. The molecule has 2 aromatic heterocycles. The number of anilines is 1.